The van der Waals surface area contributed by atoms with Crippen LogP contribution < -0.4 is 4.74 Å². The van der Waals surface area contributed by atoms with Crippen LogP contribution in [-0.4, -0.2) is 41.0 Å². The molecular weight excluding hydrogens is 745 g/mol. The monoisotopic (exact) mass is 800 g/mol. The van der Waals surface area contributed by atoms with Gasteiger partial charge in [-0.05, 0) is 111 Å². The summed E-state index contributed by atoms with van der Waals surface area (Å²) in [7, 11) is 0. The van der Waals surface area contributed by atoms with Gasteiger partial charge in [-0.3, -0.25) is 4.79 Å². The zero-order valence-electron chi connectivity index (χ0n) is 35.2. The molecule has 0 radical (unpaired) electrons. The predicted octanol–water partition coefficient (Wildman–Crippen LogP) is 13.1. The standard InChI is InChI=1S/C48H56F4N2O4/c1-10-14-16-32(12-3)27-54-41-22-19-34(43(53-58-31(7)55)33-17-20-35(21-18-33)57-28-48(51,52)46(49)50)23-38(41)39-24-40(37(15-11-2)36(13-4)44(39)54)45(56)42-29(5)25-47(8,9)26-30(42)6/h11,15,17-25,32,46H,10,12-14,16,26-28H2,1-9H3/b15-11-,53-43-. The molecule has 6 nitrogen and oxygen atoms in total. The zero-order chi connectivity index (χ0) is 42.5. The van der Waals surface area contributed by atoms with Crippen molar-refractivity contribution >= 4 is 45.3 Å². The molecule has 1 unspecified atom stereocenters. The Bertz CT molecular complexity index is 2290. The van der Waals surface area contributed by atoms with Crippen LogP contribution in [0.5, 0.6) is 5.75 Å². The minimum absolute atomic E-state index is 0.0105. The number of rotatable bonds is 17. The SMILES string of the molecule is C/C=C\c1c(C(=O)C2=C(C)CC(C)(C)C=C2C)cc2c3cc(/C(=N\OC(C)=O)c4ccc(OCC(F)(F)C(F)F)cc4)ccc3n(CC(CC)CCCC)c2c1CC. The van der Waals surface area contributed by atoms with E-state index in [1.165, 1.54) is 31.2 Å². The molecule has 0 aliphatic heterocycles. The number of carbonyl (C=O) groups excluding carboxylic acids is 2. The Hall–Kier alpha value is -4.99. The summed E-state index contributed by atoms with van der Waals surface area (Å²) < 4.78 is 60.1. The van der Waals surface area contributed by atoms with Crippen molar-refractivity contribution in [2.45, 2.75) is 120 Å². The van der Waals surface area contributed by atoms with E-state index in [0.29, 0.717) is 29.0 Å². The van der Waals surface area contributed by atoms with Crippen molar-refractivity contribution in [1.82, 2.24) is 4.57 Å². The average Bonchev–Trinajstić information content (AvgIpc) is 3.46. The number of halogens is 4. The number of carbonyl (C=O) groups is 2. The third kappa shape index (κ3) is 9.48. The lowest BCUT2D eigenvalue weighted by molar-refractivity contribution is -0.148. The highest BCUT2D eigenvalue weighted by atomic mass is 19.3. The molecule has 0 amide bonds. The number of ether oxygens (including phenoxy) is 1. The number of aromatic nitrogens is 1. The fraction of sp³-hybridized carbons (Fsp3) is 0.438. The van der Waals surface area contributed by atoms with Crippen LogP contribution in [-0.2, 0) is 22.6 Å². The number of fused-ring (bicyclic) bond motifs is 3. The minimum atomic E-state index is -4.31. The topological polar surface area (TPSA) is 69.9 Å². The van der Waals surface area contributed by atoms with Gasteiger partial charge >= 0.3 is 18.3 Å². The lowest BCUT2D eigenvalue weighted by Gasteiger charge is -2.29. The maximum atomic E-state index is 14.9. The molecule has 10 heteroatoms. The molecule has 0 N–H and O–H groups in total. The third-order valence-electron chi connectivity index (χ3n) is 11.0. The van der Waals surface area contributed by atoms with E-state index in [-0.39, 0.29) is 22.7 Å². The van der Waals surface area contributed by atoms with E-state index in [1.807, 2.05) is 44.2 Å². The minimum Gasteiger partial charge on any atom is -0.487 e. The van der Waals surface area contributed by atoms with Crippen LogP contribution in [0.1, 0.15) is 127 Å². The lowest BCUT2D eigenvalue weighted by atomic mass is 9.75. The molecule has 1 aliphatic carbocycles. The molecule has 0 spiro atoms. The van der Waals surface area contributed by atoms with Crippen molar-refractivity contribution in [2.75, 3.05) is 6.61 Å². The van der Waals surface area contributed by atoms with E-state index in [9.17, 15) is 27.2 Å². The molecule has 1 heterocycles. The van der Waals surface area contributed by atoms with Crippen LogP contribution in [0, 0.1) is 11.3 Å². The zero-order valence-corrected chi connectivity index (χ0v) is 35.2. The molecule has 0 saturated heterocycles. The summed E-state index contributed by atoms with van der Waals surface area (Å²) in [6.45, 7) is 17.5. The number of allylic oxidation sites excluding steroid dienone is 5. The van der Waals surface area contributed by atoms with Gasteiger partial charge in [0.2, 0.25) is 0 Å². The molecule has 4 aromatic rings. The van der Waals surface area contributed by atoms with Crippen LogP contribution in [0.3, 0.4) is 0 Å². The van der Waals surface area contributed by atoms with E-state index in [2.05, 4.69) is 63.4 Å². The number of unbranched alkanes of at least 4 members (excludes halogenated alkanes) is 1. The van der Waals surface area contributed by atoms with Gasteiger partial charge in [-0.25, -0.2) is 13.6 Å². The fourth-order valence-corrected chi connectivity index (χ4v) is 8.44. The normalized spacial score (nSPS) is 15.5. The number of nitrogens with zero attached hydrogens (tertiary/aromatic N) is 2. The Balaban J connectivity index is 1.77. The number of hydrogen-bond donors (Lipinski definition) is 0. The van der Waals surface area contributed by atoms with Crippen LogP contribution >= 0.6 is 0 Å². The van der Waals surface area contributed by atoms with Gasteiger partial charge in [0.1, 0.15) is 11.5 Å². The van der Waals surface area contributed by atoms with E-state index in [1.54, 1.807) is 0 Å². The summed E-state index contributed by atoms with van der Waals surface area (Å²) >= 11 is 0. The summed E-state index contributed by atoms with van der Waals surface area (Å²) in [4.78, 5) is 32.1. The molecule has 0 saturated carbocycles. The number of Topliss-reactive ketones (excluding diaryl/α,β-unsaturated/α-hetero) is 1. The van der Waals surface area contributed by atoms with Crippen molar-refractivity contribution in [1.29, 1.82) is 0 Å². The molecule has 1 atom stereocenters. The van der Waals surface area contributed by atoms with Gasteiger partial charge in [-0.15, -0.1) is 0 Å². The van der Waals surface area contributed by atoms with Gasteiger partial charge in [0.25, 0.3) is 0 Å². The molecule has 58 heavy (non-hydrogen) atoms. The van der Waals surface area contributed by atoms with Crippen molar-refractivity contribution in [3.8, 4) is 5.75 Å². The maximum absolute atomic E-state index is 14.9. The number of hydrogen-bond acceptors (Lipinski definition) is 5. The van der Waals surface area contributed by atoms with Gasteiger partial charge in [0, 0.05) is 52.0 Å². The Morgan fingerprint density at radius 2 is 1.69 bits per heavy atom. The number of oxime groups is 1. The lowest BCUT2D eigenvalue weighted by Crippen LogP contribution is -2.33. The second-order valence-electron chi connectivity index (χ2n) is 16.2. The first-order chi connectivity index (χ1) is 27.5. The van der Waals surface area contributed by atoms with E-state index in [4.69, 9.17) is 9.57 Å². The Morgan fingerprint density at radius 3 is 2.28 bits per heavy atom. The van der Waals surface area contributed by atoms with Gasteiger partial charge in [0.15, 0.2) is 12.4 Å². The van der Waals surface area contributed by atoms with Crippen LogP contribution in [0.4, 0.5) is 17.6 Å². The molecular formula is C48H56F4N2O4. The first-order valence-corrected chi connectivity index (χ1v) is 20.3. The fourth-order valence-electron chi connectivity index (χ4n) is 8.44. The van der Waals surface area contributed by atoms with Gasteiger partial charge in [0.05, 0.1) is 5.52 Å². The highest BCUT2D eigenvalue weighted by molar-refractivity contribution is 6.21. The molecule has 310 valence electrons. The van der Waals surface area contributed by atoms with Crippen LogP contribution in [0.15, 0.2) is 82.6 Å². The molecule has 1 aromatic heterocycles. The van der Waals surface area contributed by atoms with Crippen molar-refractivity contribution in [3.05, 3.63) is 105 Å². The number of aryl methyl sites for hydroxylation is 1. The largest absolute Gasteiger partial charge is 0.487 e. The second kappa shape index (κ2) is 18.3. The highest BCUT2D eigenvalue weighted by Crippen LogP contribution is 2.42. The number of benzene rings is 3. The molecule has 1 aliphatic rings. The Labute approximate surface area is 339 Å². The summed E-state index contributed by atoms with van der Waals surface area (Å²) in [6.07, 6.45) is 8.16. The summed E-state index contributed by atoms with van der Waals surface area (Å²) in [5.41, 5.74) is 8.76. The average molecular weight is 801 g/mol. The van der Waals surface area contributed by atoms with Gasteiger partial charge in [-0.1, -0.05) is 88.9 Å². The quantitative estimate of drug-likeness (QED) is 0.0351. The Morgan fingerprint density at radius 1 is 1.00 bits per heavy atom. The van der Waals surface area contributed by atoms with Crippen molar-refractivity contribution in [3.63, 3.8) is 0 Å². The van der Waals surface area contributed by atoms with E-state index < -0.39 is 24.9 Å². The first-order valence-electron chi connectivity index (χ1n) is 20.3. The Kier molecular flexibility index (Phi) is 13.9. The highest BCUT2D eigenvalue weighted by Gasteiger charge is 2.41. The maximum Gasteiger partial charge on any atom is 0.340 e. The van der Waals surface area contributed by atoms with E-state index in [0.717, 1.165) is 88.3 Å². The number of alkyl halides is 4. The van der Waals surface area contributed by atoms with Gasteiger partial charge < -0.3 is 14.1 Å². The van der Waals surface area contributed by atoms with Crippen LogP contribution in [0.25, 0.3) is 27.9 Å². The number of ketones is 1. The summed E-state index contributed by atoms with van der Waals surface area (Å²) in [5.74, 6) is -4.58. The predicted molar refractivity (Wildman–Crippen MR) is 226 cm³/mol. The summed E-state index contributed by atoms with van der Waals surface area (Å²) in [5, 5.41) is 6.03. The van der Waals surface area contributed by atoms with E-state index >= 15 is 0 Å². The summed E-state index contributed by atoms with van der Waals surface area (Å²) in [6, 6.07) is 13.8. The third-order valence-corrected chi connectivity index (χ3v) is 11.0. The first kappa shape index (κ1) is 44.1. The van der Waals surface area contributed by atoms with Crippen LogP contribution in [0.2, 0.25) is 0 Å². The molecule has 3 aromatic carbocycles. The van der Waals surface area contributed by atoms with Gasteiger partial charge in [-0.2, -0.15) is 8.78 Å². The second-order valence-corrected chi connectivity index (χ2v) is 16.2. The molecule has 0 bridgehead atoms. The smallest absolute Gasteiger partial charge is 0.340 e. The van der Waals surface area contributed by atoms with Crippen molar-refractivity contribution < 1.29 is 36.7 Å². The van der Waals surface area contributed by atoms with Crippen molar-refractivity contribution in [2.24, 2.45) is 16.5 Å². The molecule has 0 fully saturated rings. The molecule has 5 rings (SSSR count).